The molecule has 2 aliphatic rings. The summed E-state index contributed by atoms with van der Waals surface area (Å²) in [6.45, 7) is 1.35. The van der Waals surface area contributed by atoms with Gasteiger partial charge in [-0.25, -0.2) is 4.79 Å². The first-order valence-corrected chi connectivity index (χ1v) is 11.1. The zero-order chi connectivity index (χ0) is 20.8. The number of aromatic nitrogens is 2. The second kappa shape index (κ2) is 8.68. The number of methoxy groups -OCH3 is 2. The number of nitrogens with zero attached hydrogens (tertiary/aromatic N) is 1. The molecule has 3 atom stereocenters. The molecule has 9 heteroatoms. The molecule has 7 nitrogen and oxygen atoms in total. The maximum atomic E-state index is 12.9. The molecule has 5 rings (SSSR count). The zero-order valence-corrected chi connectivity index (χ0v) is 19.1. The third kappa shape index (κ3) is 3.66. The normalized spacial score (nSPS) is 21.9. The quantitative estimate of drug-likeness (QED) is 0.607. The Morgan fingerprint density at radius 3 is 2.84 bits per heavy atom. The van der Waals surface area contributed by atoms with Gasteiger partial charge in [-0.15, -0.1) is 12.4 Å². The van der Waals surface area contributed by atoms with E-state index in [4.69, 9.17) is 9.47 Å². The molecule has 1 aliphatic carbocycles. The number of thiophene rings is 1. The van der Waals surface area contributed by atoms with Crippen molar-refractivity contribution in [3.8, 4) is 10.8 Å². The van der Waals surface area contributed by atoms with Crippen molar-refractivity contribution >= 4 is 34.0 Å². The molecule has 0 spiro atoms. The first-order valence-electron chi connectivity index (χ1n) is 10.3. The molecule has 1 fully saturated rings. The van der Waals surface area contributed by atoms with Crippen LogP contribution < -0.4 is 26.0 Å². The highest BCUT2D eigenvalue weighted by molar-refractivity contribution is 7.20. The van der Waals surface area contributed by atoms with E-state index in [1.807, 2.05) is 6.07 Å². The lowest BCUT2D eigenvalue weighted by Gasteiger charge is -2.32. The largest absolute Gasteiger partial charge is 0.496 e. The monoisotopic (exact) mass is 463 g/mol. The van der Waals surface area contributed by atoms with E-state index in [-0.39, 0.29) is 29.7 Å². The van der Waals surface area contributed by atoms with Crippen molar-refractivity contribution in [2.75, 3.05) is 20.8 Å². The summed E-state index contributed by atoms with van der Waals surface area (Å²) >= 11 is 1.26. The number of nitrogens with one attached hydrogen (secondary N) is 2. The van der Waals surface area contributed by atoms with Gasteiger partial charge in [0.2, 0.25) is 0 Å². The fourth-order valence-corrected chi connectivity index (χ4v) is 6.07. The van der Waals surface area contributed by atoms with Crippen LogP contribution in [0.3, 0.4) is 0 Å². The molecule has 3 heterocycles. The molecular weight excluding hydrogens is 438 g/mol. The first-order chi connectivity index (χ1) is 14.6. The molecule has 1 saturated heterocycles. The smallest absolute Gasteiger partial charge is 0.328 e. The Morgan fingerprint density at radius 2 is 2.06 bits per heavy atom. The highest BCUT2D eigenvalue weighted by Crippen LogP contribution is 2.45. The van der Waals surface area contributed by atoms with E-state index in [0.29, 0.717) is 33.7 Å². The first kappa shape index (κ1) is 21.9. The fourth-order valence-electron chi connectivity index (χ4n) is 5.19. The number of aromatic amines is 1. The number of H-pyrrole nitrogens is 1. The molecule has 0 saturated carbocycles. The highest BCUT2D eigenvalue weighted by Gasteiger charge is 2.40. The Bertz CT molecular complexity index is 1220. The van der Waals surface area contributed by atoms with Crippen molar-refractivity contribution in [3.05, 3.63) is 56.2 Å². The molecule has 2 aromatic heterocycles. The van der Waals surface area contributed by atoms with Gasteiger partial charge in [0.15, 0.2) is 5.06 Å². The van der Waals surface area contributed by atoms with Crippen LogP contribution in [-0.2, 0) is 13.0 Å². The minimum absolute atomic E-state index is 0. The van der Waals surface area contributed by atoms with Crippen LogP contribution in [0.1, 0.15) is 29.9 Å². The van der Waals surface area contributed by atoms with Gasteiger partial charge >= 0.3 is 5.69 Å². The van der Waals surface area contributed by atoms with Crippen LogP contribution in [0.4, 0.5) is 0 Å². The van der Waals surface area contributed by atoms with Crippen LogP contribution in [0.25, 0.3) is 10.2 Å². The fraction of sp³-hybridized carbons (Fsp3) is 0.455. The van der Waals surface area contributed by atoms with E-state index in [1.54, 1.807) is 20.3 Å². The Hall–Kier alpha value is -2.29. The maximum absolute atomic E-state index is 12.9. The van der Waals surface area contributed by atoms with Gasteiger partial charge in [-0.3, -0.25) is 9.36 Å². The van der Waals surface area contributed by atoms with Gasteiger partial charge in [0.05, 0.1) is 19.7 Å². The lowest BCUT2D eigenvalue weighted by atomic mass is 9.73. The van der Waals surface area contributed by atoms with Crippen LogP contribution in [0, 0.1) is 5.92 Å². The molecule has 1 aromatic carbocycles. The standard InChI is InChI=1S/C22H25N3O4S.ClH/c1-28-17-5-3-4-14-13(17)7-6-12-11-23-15(19(12)14)8-9-25-21(26)20-16(24-22(25)27)10-18(29-2)30-20;/h3-5,10,12,15,19,23H,6-9,11H2,1-2H3,(H,24,27);1H. The summed E-state index contributed by atoms with van der Waals surface area (Å²) in [6.07, 6.45) is 2.88. The predicted molar refractivity (Wildman–Crippen MR) is 124 cm³/mol. The van der Waals surface area contributed by atoms with Crippen LogP contribution in [0.2, 0.25) is 0 Å². The maximum Gasteiger partial charge on any atom is 0.328 e. The van der Waals surface area contributed by atoms with Crippen LogP contribution in [-0.4, -0.2) is 36.4 Å². The van der Waals surface area contributed by atoms with Gasteiger partial charge in [-0.05, 0) is 48.9 Å². The van der Waals surface area contributed by atoms with Crippen molar-refractivity contribution in [2.45, 2.75) is 37.8 Å². The number of hydrogen-bond donors (Lipinski definition) is 2. The molecule has 3 unspecified atom stereocenters. The van der Waals surface area contributed by atoms with Crippen molar-refractivity contribution in [2.24, 2.45) is 5.92 Å². The van der Waals surface area contributed by atoms with E-state index in [1.165, 1.54) is 27.0 Å². The predicted octanol–water partition coefficient (Wildman–Crippen LogP) is 2.90. The number of benzene rings is 1. The van der Waals surface area contributed by atoms with Crippen LogP contribution in [0.15, 0.2) is 33.9 Å². The Balaban J connectivity index is 0.00000231. The zero-order valence-electron chi connectivity index (χ0n) is 17.5. The van der Waals surface area contributed by atoms with E-state index in [0.717, 1.165) is 31.6 Å². The van der Waals surface area contributed by atoms with Gasteiger partial charge < -0.3 is 19.8 Å². The molecule has 166 valence electrons. The molecule has 0 amide bonds. The summed E-state index contributed by atoms with van der Waals surface area (Å²) in [5, 5.41) is 4.27. The van der Waals surface area contributed by atoms with Crippen molar-refractivity contribution in [3.63, 3.8) is 0 Å². The Labute approximate surface area is 189 Å². The van der Waals surface area contributed by atoms with Gasteiger partial charge in [0.1, 0.15) is 10.4 Å². The number of hydrogen-bond acceptors (Lipinski definition) is 6. The summed E-state index contributed by atoms with van der Waals surface area (Å²) in [5.74, 6) is 1.92. The third-order valence-corrected chi connectivity index (χ3v) is 7.68. The number of rotatable bonds is 5. The van der Waals surface area contributed by atoms with Gasteiger partial charge in [0, 0.05) is 24.6 Å². The third-order valence-electron chi connectivity index (χ3n) is 6.60. The summed E-state index contributed by atoms with van der Waals surface area (Å²) in [6, 6.07) is 8.21. The summed E-state index contributed by atoms with van der Waals surface area (Å²) in [4.78, 5) is 28.3. The Kier molecular flexibility index (Phi) is 6.14. The average molecular weight is 464 g/mol. The molecule has 1 aliphatic heterocycles. The van der Waals surface area contributed by atoms with Gasteiger partial charge in [-0.2, -0.15) is 0 Å². The number of ether oxygens (including phenoxy) is 2. The number of halogens is 1. The van der Waals surface area contributed by atoms with Gasteiger partial charge in [-0.1, -0.05) is 23.5 Å². The lowest BCUT2D eigenvalue weighted by molar-refractivity contribution is 0.371. The van der Waals surface area contributed by atoms with Crippen molar-refractivity contribution in [1.29, 1.82) is 0 Å². The number of fused-ring (bicyclic) bond motifs is 4. The van der Waals surface area contributed by atoms with E-state index < -0.39 is 0 Å². The summed E-state index contributed by atoms with van der Waals surface area (Å²) < 4.78 is 12.6. The topological polar surface area (TPSA) is 85.3 Å². The molecule has 0 bridgehead atoms. The second-order valence-electron chi connectivity index (χ2n) is 8.06. The molecular formula is C22H26ClN3O4S. The minimum atomic E-state index is -0.367. The SMILES string of the molecule is COc1cc2[nH]c(=O)n(CCC3NCC4CCc5c(OC)cccc5C43)c(=O)c2s1.Cl. The molecule has 3 aromatic rings. The van der Waals surface area contributed by atoms with Crippen LogP contribution >= 0.6 is 23.7 Å². The minimum Gasteiger partial charge on any atom is -0.496 e. The molecule has 31 heavy (non-hydrogen) atoms. The highest BCUT2D eigenvalue weighted by atomic mass is 35.5. The lowest BCUT2D eigenvalue weighted by Crippen LogP contribution is -2.37. The van der Waals surface area contributed by atoms with E-state index in [2.05, 4.69) is 22.4 Å². The van der Waals surface area contributed by atoms with E-state index in [9.17, 15) is 9.59 Å². The summed E-state index contributed by atoms with van der Waals surface area (Å²) in [5.41, 5.74) is 2.57. The van der Waals surface area contributed by atoms with Crippen molar-refractivity contribution in [1.82, 2.24) is 14.9 Å². The average Bonchev–Trinajstić information content (AvgIpc) is 3.37. The second-order valence-corrected chi connectivity index (χ2v) is 9.07. The Morgan fingerprint density at radius 1 is 1.23 bits per heavy atom. The van der Waals surface area contributed by atoms with Crippen LogP contribution in [0.5, 0.6) is 10.8 Å². The van der Waals surface area contributed by atoms with Crippen molar-refractivity contribution < 1.29 is 9.47 Å². The summed E-state index contributed by atoms with van der Waals surface area (Å²) in [7, 11) is 3.28. The van der Waals surface area contributed by atoms with Gasteiger partial charge in [0.25, 0.3) is 5.56 Å². The van der Waals surface area contributed by atoms with E-state index >= 15 is 0 Å². The molecule has 2 N–H and O–H groups in total. The molecule has 0 radical (unpaired) electrons.